The van der Waals surface area contributed by atoms with Crippen LogP contribution in [0.4, 0.5) is 4.79 Å². The lowest BCUT2D eigenvalue weighted by Gasteiger charge is -2.13. The number of carbonyl (C=O) groups is 1. The number of nitrogens with one attached hydrogen (secondary N) is 2. The molecular weight excluding hydrogens is 272 g/mol. The molecule has 1 aromatic rings. The van der Waals surface area contributed by atoms with Crippen molar-refractivity contribution in [3.63, 3.8) is 0 Å². The van der Waals surface area contributed by atoms with Gasteiger partial charge in [0.05, 0.1) is 20.8 Å². The van der Waals surface area contributed by atoms with Gasteiger partial charge in [-0.05, 0) is 36.6 Å². The van der Waals surface area contributed by atoms with Crippen LogP contribution >= 0.6 is 0 Å². The zero-order chi connectivity index (χ0) is 15.7. The standard InChI is InChI=1S/C15H24N2O4/c1-11-9-13(20-3)14(21-4)10-12(11)5-6-16-15(18)17-7-8-19-2/h9-10H,5-8H2,1-4H3,(H2,16,17,18). The summed E-state index contributed by atoms with van der Waals surface area (Å²) in [6.45, 7) is 3.56. The van der Waals surface area contributed by atoms with Crippen molar-refractivity contribution in [2.75, 3.05) is 41.0 Å². The van der Waals surface area contributed by atoms with E-state index in [0.717, 1.165) is 17.5 Å². The third kappa shape index (κ3) is 5.51. The summed E-state index contributed by atoms with van der Waals surface area (Å²) in [6, 6.07) is 3.69. The van der Waals surface area contributed by atoms with Gasteiger partial charge >= 0.3 is 6.03 Å². The van der Waals surface area contributed by atoms with E-state index >= 15 is 0 Å². The van der Waals surface area contributed by atoms with Gasteiger partial charge in [0.15, 0.2) is 11.5 Å². The van der Waals surface area contributed by atoms with Gasteiger partial charge in [-0.3, -0.25) is 0 Å². The lowest BCUT2D eigenvalue weighted by Crippen LogP contribution is -2.38. The predicted octanol–water partition coefficient (Wildman–Crippen LogP) is 1.50. The van der Waals surface area contributed by atoms with E-state index in [9.17, 15) is 4.79 Å². The van der Waals surface area contributed by atoms with Crippen molar-refractivity contribution in [3.8, 4) is 11.5 Å². The number of ether oxygens (including phenoxy) is 3. The molecule has 2 N–H and O–H groups in total. The van der Waals surface area contributed by atoms with Crippen LogP contribution in [0.3, 0.4) is 0 Å². The Morgan fingerprint density at radius 1 is 1.05 bits per heavy atom. The molecule has 0 heterocycles. The third-order valence-electron chi connectivity index (χ3n) is 3.11. The molecule has 0 aromatic heterocycles. The van der Waals surface area contributed by atoms with Crippen molar-refractivity contribution >= 4 is 6.03 Å². The first-order valence-corrected chi connectivity index (χ1v) is 6.84. The van der Waals surface area contributed by atoms with E-state index in [-0.39, 0.29) is 6.03 Å². The van der Waals surface area contributed by atoms with Crippen LogP contribution in [0.15, 0.2) is 12.1 Å². The number of aryl methyl sites for hydroxylation is 1. The van der Waals surface area contributed by atoms with Crippen molar-refractivity contribution in [1.29, 1.82) is 0 Å². The second kappa shape index (κ2) is 9.07. The van der Waals surface area contributed by atoms with E-state index in [2.05, 4.69) is 10.6 Å². The summed E-state index contributed by atoms with van der Waals surface area (Å²) in [7, 11) is 4.82. The molecular formula is C15H24N2O4. The van der Waals surface area contributed by atoms with Crippen LogP contribution in [0.1, 0.15) is 11.1 Å². The molecule has 1 rings (SSSR count). The fourth-order valence-electron chi connectivity index (χ4n) is 1.93. The number of urea groups is 1. The SMILES string of the molecule is COCCNC(=O)NCCc1cc(OC)c(OC)cc1C. The Hall–Kier alpha value is -1.95. The molecule has 0 aliphatic heterocycles. The molecule has 1 aromatic carbocycles. The molecule has 6 nitrogen and oxygen atoms in total. The van der Waals surface area contributed by atoms with E-state index in [4.69, 9.17) is 14.2 Å². The summed E-state index contributed by atoms with van der Waals surface area (Å²) in [5.41, 5.74) is 2.22. The molecule has 0 spiro atoms. The average Bonchev–Trinajstić information content (AvgIpc) is 2.48. The van der Waals surface area contributed by atoms with E-state index in [1.54, 1.807) is 21.3 Å². The molecule has 2 amide bonds. The molecule has 0 saturated carbocycles. The van der Waals surface area contributed by atoms with Gasteiger partial charge in [-0.25, -0.2) is 4.79 Å². The lowest BCUT2D eigenvalue weighted by molar-refractivity contribution is 0.196. The molecule has 21 heavy (non-hydrogen) atoms. The quantitative estimate of drug-likeness (QED) is 0.713. The highest BCUT2D eigenvalue weighted by Gasteiger charge is 2.08. The van der Waals surface area contributed by atoms with E-state index in [1.807, 2.05) is 19.1 Å². The van der Waals surface area contributed by atoms with Crippen molar-refractivity contribution < 1.29 is 19.0 Å². The van der Waals surface area contributed by atoms with Gasteiger partial charge in [-0.2, -0.15) is 0 Å². The Morgan fingerprint density at radius 2 is 1.67 bits per heavy atom. The lowest BCUT2D eigenvalue weighted by atomic mass is 10.0. The van der Waals surface area contributed by atoms with Gasteiger partial charge < -0.3 is 24.8 Å². The van der Waals surface area contributed by atoms with Crippen molar-refractivity contribution in [3.05, 3.63) is 23.3 Å². The minimum absolute atomic E-state index is 0.190. The van der Waals surface area contributed by atoms with Gasteiger partial charge in [-0.15, -0.1) is 0 Å². The predicted molar refractivity (Wildman–Crippen MR) is 81.3 cm³/mol. The molecule has 0 unspecified atom stereocenters. The second-order valence-electron chi connectivity index (χ2n) is 4.56. The van der Waals surface area contributed by atoms with E-state index < -0.39 is 0 Å². The number of benzene rings is 1. The van der Waals surface area contributed by atoms with Gasteiger partial charge in [0.25, 0.3) is 0 Å². The zero-order valence-corrected chi connectivity index (χ0v) is 13.1. The summed E-state index contributed by atoms with van der Waals surface area (Å²) in [4.78, 5) is 11.5. The molecule has 0 saturated heterocycles. The van der Waals surface area contributed by atoms with Crippen LogP contribution in [0.25, 0.3) is 0 Å². The maximum Gasteiger partial charge on any atom is 0.314 e. The summed E-state index contributed by atoms with van der Waals surface area (Å²) < 4.78 is 15.4. The second-order valence-corrected chi connectivity index (χ2v) is 4.56. The van der Waals surface area contributed by atoms with Crippen molar-refractivity contribution in [2.45, 2.75) is 13.3 Å². The Kier molecular flexibility index (Phi) is 7.39. The first-order valence-electron chi connectivity index (χ1n) is 6.84. The summed E-state index contributed by atoms with van der Waals surface area (Å²) >= 11 is 0. The minimum atomic E-state index is -0.190. The molecule has 0 radical (unpaired) electrons. The summed E-state index contributed by atoms with van der Waals surface area (Å²) in [5.74, 6) is 1.41. The Morgan fingerprint density at radius 3 is 2.29 bits per heavy atom. The van der Waals surface area contributed by atoms with Gasteiger partial charge in [-0.1, -0.05) is 0 Å². The van der Waals surface area contributed by atoms with Crippen molar-refractivity contribution in [2.24, 2.45) is 0 Å². The van der Waals surface area contributed by atoms with E-state index in [1.165, 1.54) is 0 Å². The van der Waals surface area contributed by atoms with Gasteiger partial charge in [0.1, 0.15) is 0 Å². The zero-order valence-electron chi connectivity index (χ0n) is 13.1. The minimum Gasteiger partial charge on any atom is -0.493 e. The molecule has 0 aliphatic carbocycles. The van der Waals surface area contributed by atoms with Crippen LogP contribution in [-0.4, -0.2) is 47.1 Å². The average molecular weight is 296 g/mol. The topological polar surface area (TPSA) is 68.8 Å². The van der Waals surface area contributed by atoms with Gasteiger partial charge in [0, 0.05) is 20.2 Å². The van der Waals surface area contributed by atoms with Crippen LogP contribution in [-0.2, 0) is 11.2 Å². The Balaban J connectivity index is 2.50. The highest BCUT2D eigenvalue weighted by Crippen LogP contribution is 2.30. The molecule has 0 bridgehead atoms. The monoisotopic (exact) mass is 296 g/mol. The maximum atomic E-state index is 11.5. The van der Waals surface area contributed by atoms with E-state index in [0.29, 0.717) is 31.2 Å². The first-order chi connectivity index (χ1) is 10.1. The number of methoxy groups -OCH3 is 3. The largest absolute Gasteiger partial charge is 0.493 e. The first kappa shape index (κ1) is 17.1. The molecule has 0 fully saturated rings. The molecule has 0 aliphatic rings. The third-order valence-corrected chi connectivity index (χ3v) is 3.11. The van der Waals surface area contributed by atoms with Crippen molar-refractivity contribution in [1.82, 2.24) is 10.6 Å². The highest BCUT2D eigenvalue weighted by atomic mass is 16.5. The number of carbonyl (C=O) groups excluding carboxylic acids is 1. The van der Waals surface area contributed by atoms with Crippen LogP contribution in [0.2, 0.25) is 0 Å². The normalized spacial score (nSPS) is 10.1. The van der Waals surface area contributed by atoms with Crippen LogP contribution < -0.4 is 20.1 Å². The molecule has 118 valence electrons. The van der Waals surface area contributed by atoms with Crippen LogP contribution in [0, 0.1) is 6.92 Å². The molecule has 0 atom stereocenters. The molecule has 6 heteroatoms. The Labute approximate surface area is 125 Å². The van der Waals surface area contributed by atoms with Crippen LogP contribution in [0.5, 0.6) is 11.5 Å². The fourth-order valence-corrected chi connectivity index (χ4v) is 1.93. The number of hydrogen-bond acceptors (Lipinski definition) is 4. The Bertz CT molecular complexity index is 463. The summed E-state index contributed by atoms with van der Waals surface area (Å²) in [5, 5.41) is 5.51. The number of amides is 2. The smallest absolute Gasteiger partial charge is 0.314 e. The number of rotatable bonds is 8. The van der Waals surface area contributed by atoms with Gasteiger partial charge in [0.2, 0.25) is 0 Å². The fraction of sp³-hybridized carbons (Fsp3) is 0.533. The number of hydrogen-bond donors (Lipinski definition) is 2. The summed E-state index contributed by atoms with van der Waals surface area (Å²) in [6.07, 6.45) is 0.726. The highest BCUT2D eigenvalue weighted by molar-refractivity contribution is 5.73. The maximum absolute atomic E-state index is 11.5.